The zero-order valence-electron chi connectivity index (χ0n) is 8.12. The molecule has 1 aliphatic carbocycles. The summed E-state index contributed by atoms with van der Waals surface area (Å²) in [4.78, 5) is 11.0. The van der Waals surface area contributed by atoms with Crippen molar-refractivity contribution in [1.82, 2.24) is 4.57 Å². The first kappa shape index (κ1) is 9.59. The van der Waals surface area contributed by atoms with Crippen LogP contribution in [0.3, 0.4) is 0 Å². The minimum absolute atomic E-state index is 0.149. The van der Waals surface area contributed by atoms with Crippen molar-refractivity contribution in [3.63, 3.8) is 0 Å². The second kappa shape index (κ2) is 3.02. The first-order valence-electron chi connectivity index (χ1n) is 4.58. The summed E-state index contributed by atoms with van der Waals surface area (Å²) in [7, 11) is 1.84. The lowest BCUT2D eigenvalue weighted by atomic mass is 9.95. The highest BCUT2D eigenvalue weighted by atomic mass is 35.5. The maximum atomic E-state index is 11.0. The summed E-state index contributed by atoms with van der Waals surface area (Å²) in [5, 5.41) is 9.75. The summed E-state index contributed by atoms with van der Waals surface area (Å²) in [6.07, 6.45) is 2.60. The quantitative estimate of drug-likeness (QED) is 0.776. The van der Waals surface area contributed by atoms with E-state index >= 15 is 0 Å². The Kier molecular flexibility index (Phi) is 2.07. The molecule has 4 heteroatoms. The molecule has 2 atom stereocenters. The van der Waals surface area contributed by atoms with Crippen LogP contribution in [0.15, 0.2) is 6.20 Å². The second-order valence-corrected chi connectivity index (χ2v) is 4.32. The lowest BCUT2D eigenvalue weighted by molar-refractivity contribution is -0.139. The molecule has 14 heavy (non-hydrogen) atoms. The number of carboxylic acids is 1. The van der Waals surface area contributed by atoms with Crippen molar-refractivity contribution in [2.24, 2.45) is 13.0 Å². The number of aryl methyl sites for hydroxylation is 1. The van der Waals surface area contributed by atoms with E-state index in [4.69, 9.17) is 16.7 Å². The van der Waals surface area contributed by atoms with Crippen molar-refractivity contribution in [2.75, 3.05) is 0 Å². The highest BCUT2D eigenvalue weighted by Crippen LogP contribution is 2.41. The number of carbonyl (C=O) groups is 1. The molecular formula is C10H12ClNO2. The van der Waals surface area contributed by atoms with E-state index < -0.39 is 5.97 Å². The first-order valence-corrected chi connectivity index (χ1v) is 4.96. The molecule has 0 aliphatic heterocycles. The lowest BCUT2D eigenvalue weighted by Crippen LogP contribution is -2.15. The fourth-order valence-corrected chi connectivity index (χ4v) is 2.50. The molecular weight excluding hydrogens is 202 g/mol. The molecule has 1 N–H and O–H groups in total. The van der Waals surface area contributed by atoms with Crippen LogP contribution in [0.5, 0.6) is 0 Å². The number of aromatic nitrogens is 1. The van der Waals surface area contributed by atoms with E-state index in [0.717, 1.165) is 17.5 Å². The van der Waals surface area contributed by atoms with Crippen LogP contribution >= 0.6 is 11.6 Å². The number of fused-ring (bicyclic) bond motifs is 1. The van der Waals surface area contributed by atoms with Crippen LogP contribution in [0.4, 0.5) is 0 Å². The number of carboxylic acid groups (broad SMARTS) is 1. The molecule has 1 aliphatic rings. The lowest BCUT2D eigenvalue weighted by Gasteiger charge is -2.10. The smallest absolute Gasteiger partial charge is 0.311 e. The van der Waals surface area contributed by atoms with Gasteiger partial charge >= 0.3 is 5.97 Å². The molecule has 1 heterocycles. The number of rotatable bonds is 1. The highest BCUT2D eigenvalue weighted by molar-refractivity contribution is 6.30. The predicted octanol–water partition coefficient (Wildman–Crippen LogP) is 2.04. The standard InChI is InChI=1S/C10H12ClNO2/c1-5-3-6-7(8(5)10(13)14)4-12(2)9(6)11/h4-5,8H,3H2,1-2H3,(H,13,14). The average molecular weight is 214 g/mol. The van der Waals surface area contributed by atoms with Gasteiger partial charge in [0.05, 0.1) is 5.92 Å². The van der Waals surface area contributed by atoms with E-state index in [2.05, 4.69) is 0 Å². The summed E-state index contributed by atoms with van der Waals surface area (Å²) >= 11 is 6.06. The topological polar surface area (TPSA) is 42.2 Å². The highest BCUT2D eigenvalue weighted by Gasteiger charge is 2.37. The maximum Gasteiger partial charge on any atom is 0.311 e. The van der Waals surface area contributed by atoms with Gasteiger partial charge in [-0.25, -0.2) is 0 Å². The van der Waals surface area contributed by atoms with Crippen molar-refractivity contribution in [3.8, 4) is 0 Å². The van der Waals surface area contributed by atoms with Crippen molar-refractivity contribution < 1.29 is 9.90 Å². The number of nitrogens with zero attached hydrogens (tertiary/aromatic N) is 1. The molecule has 0 radical (unpaired) electrons. The molecule has 76 valence electrons. The first-order chi connectivity index (χ1) is 6.52. The van der Waals surface area contributed by atoms with Gasteiger partial charge in [0, 0.05) is 13.2 Å². The van der Waals surface area contributed by atoms with Gasteiger partial charge in [-0.15, -0.1) is 0 Å². The van der Waals surface area contributed by atoms with Crippen LogP contribution < -0.4 is 0 Å². The van der Waals surface area contributed by atoms with Crippen LogP contribution in [-0.4, -0.2) is 15.6 Å². The zero-order chi connectivity index (χ0) is 10.5. The van der Waals surface area contributed by atoms with Gasteiger partial charge in [0.15, 0.2) is 0 Å². The van der Waals surface area contributed by atoms with Gasteiger partial charge in [0.25, 0.3) is 0 Å². The second-order valence-electron chi connectivity index (χ2n) is 3.96. The molecule has 0 fully saturated rings. The average Bonchev–Trinajstić information content (AvgIpc) is 2.51. The molecule has 2 unspecified atom stereocenters. The Labute approximate surface area is 87.3 Å². The molecule has 2 rings (SSSR count). The van der Waals surface area contributed by atoms with Crippen molar-refractivity contribution in [3.05, 3.63) is 22.5 Å². The molecule has 3 nitrogen and oxygen atoms in total. The zero-order valence-corrected chi connectivity index (χ0v) is 8.88. The summed E-state index contributed by atoms with van der Waals surface area (Å²) < 4.78 is 1.79. The normalized spacial score (nSPS) is 25.1. The van der Waals surface area contributed by atoms with Crippen LogP contribution in [0.1, 0.15) is 24.0 Å². The minimum Gasteiger partial charge on any atom is -0.481 e. The Balaban J connectivity index is 2.51. The number of halogens is 1. The van der Waals surface area contributed by atoms with Crippen LogP contribution in [-0.2, 0) is 18.3 Å². The van der Waals surface area contributed by atoms with Gasteiger partial charge < -0.3 is 9.67 Å². The van der Waals surface area contributed by atoms with Crippen LogP contribution in [0.2, 0.25) is 5.15 Å². The Morgan fingerprint density at radius 2 is 2.36 bits per heavy atom. The Bertz CT molecular complexity index is 397. The van der Waals surface area contributed by atoms with Gasteiger partial charge in [-0.1, -0.05) is 18.5 Å². The Hall–Kier alpha value is -0.960. The largest absolute Gasteiger partial charge is 0.481 e. The molecule has 0 saturated carbocycles. The monoisotopic (exact) mass is 213 g/mol. The summed E-state index contributed by atoms with van der Waals surface area (Å²) in [6, 6.07) is 0. The van der Waals surface area contributed by atoms with Crippen LogP contribution in [0, 0.1) is 5.92 Å². The summed E-state index contributed by atoms with van der Waals surface area (Å²) in [5.41, 5.74) is 1.89. The van der Waals surface area contributed by atoms with E-state index in [-0.39, 0.29) is 11.8 Å². The van der Waals surface area contributed by atoms with Crippen molar-refractivity contribution in [2.45, 2.75) is 19.3 Å². The minimum atomic E-state index is -0.751. The maximum absolute atomic E-state index is 11.0. The van der Waals surface area contributed by atoms with Crippen LogP contribution in [0.25, 0.3) is 0 Å². The van der Waals surface area contributed by atoms with Gasteiger partial charge in [-0.3, -0.25) is 4.79 Å². The van der Waals surface area contributed by atoms with E-state index in [0.29, 0.717) is 5.15 Å². The third-order valence-electron chi connectivity index (χ3n) is 2.94. The van der Waals surface area contributed by atoms with E-state index in [1.165, 1.54) is 0 Å². The Morgan fingerprint density at radius 1 is 1.71 bits per heavy atom. The number of aliphatic carboxylic acids is 1. The molecule has 0 spiro atoms. The van der Waals surface area contributed by atoms with Crippen molar-refractivity contribution in [1.29, 1.82) is 0 Å². The third kappa shape index (κ3) is 1.16. The van der Waals surface area contributed by atoms with Crippen molar-refractivity contribution >= 4 is 17.6 Å². The van der Waals surface area contributed by atoms with E-state index in [9.17, 15) is 4.79 Å². The SMILES string of the molecule is CC1Cc2c(cn(C)c2Cl)C1C(=O)O. The van der Waals surface area contributed by atoms with Gasteiger partial charge in [0.2, 0.25) is 0 Å². The fraction of sp³-hybridized carbons (Fsp3) is 0.500. The van der Waals surface area contributed by atoms with E-state index in [1.54, 1.807) is 4.57 Å². The molecule has 0 aromatic carbocycles. The van der Waals surface area contributed by atoms with Gasteiger partial charge in [-0.05, 0) is 23.5 Å². The molecule has 0 bridgehead atoms. The molecule has 0 saturated heterocycles. The summed E-state index contributed by atoms with van der Waals surface area (Å²) in [6.45, 7) is 1.95. The summed E-state index contributed by atoms with van der Waals surface area (Å²) in [5.74, 6) is -0.988. The predicted molar refractivity (Wildman–Crippen MR) is 53.7 cm³/mol. The van der Waals surface area contributed by atoms with E-state index in [1.807, 2.05) is 20.2 Å². The number of hydrogen-bond acceptors (Lipinski definition) is 1. The third-order valence-corrected chi connectivity index (χ3v) is 3.43. The number of hydrogen-bond donors (Lipinski definition) is 1. The molecule has 0 amide bonds. The van der Waals surface area contributed by atoms with Gasteiger partial charge in [0.1, 0.15) is 5.15 Å². The molecule has 1 aromatic rings. The molecule has 1 aromatic heterocycles. The Morgan fingerprint density at radius 3 is 2.93 bits per heavy atom. The fourth-order valence-electron chi connectivity index (χ4n) is 2.27. The van der Waals surface area contributed by atoms with Gasteiger partial charge in [-0.2, -0.15) is 0 Å².